The van der Waals surface area contributed by atoms with Crippen molar-refractivity contribution < 1.29 is 0 Å². The molecule has 0 radical (unpaired) electrons. The molecule has 1 aliphatic carbocycles. The molecule has 0 amide bonds. The first-order valence-corrected chi connectivity index (χ1v) is 11.1. The number of halogens is 1. The van der Waals surface area contributed by atoms with E-state index in [0.29, 0.717) is 0 Å². The molecule has 1 fully saturated rings. The molecule has 0 unspecified atom stereocenters. The molecule has 1 aromatic rings. The molecule has 0 nitrogen and oxygen atoms in total. The fourth-order valence-electron chi connectivity index (χ4n) is 4.08. The van der Waals surface area contributed by atoms with E-state index in [1.54, 1.807) is 14.7 Å². The molecule has 0 aromatic heterocycles. The number of benzene rings is 1. The molecule has 0 heterocycles. The summed E-state index contributed by atoms with van der Waals surface area (Å²) in [5.74, 6) is 0. The summed E-state index contributed by atoms with van der Waals surface area (Å²) >= 11 is 2.66. The molecule has 0 spiro atoms. The van der Waals surface area contributed by atoms with Crippen LogP contribution in [-0.4, -0.2) is 0 Å². The Morgan fingerprint density at radius 3 is 1.62 bits per heavy atom. The minimum Gasteiger partial charge on any atom is -0.0606 e. The van der Waals surface area contributed by atoms with Crippen LogP contribution in [0.2, 0.25) is 0 Å². The Labute approximate surface area is 163 Å². The van der Waals surface area contributed by atoms with Crippen molar-refractivity contribution in [3.8, 4) is 0 Å². The average molecular weight is 438 g/mol. The van der Waals surface area contributed by atoms with Crippen LogP contribution < -0.4 is 0 Å². The highest BCUT2D eigenvalue weighted by molar-refractivity contribution is 14.1. The van der Waals surface area contributed by atoms with Crippen molar-refractivity contribution in [1.82, 2.24) is 0 Å². The van der Waals surface area contributed by atoms with Gasteiger partial charge < -0.3 is 0 Å². The largest absolute Gasteiger partial charge is 0.0606 e. The van der Waals surface area contributed by atoms with Gasteiger partial charge in [-0.15, -0.1) is 0 Å². The number of allylic oxidation sites excluding steroid dienone is 2. The van der Waals surface area contributed by atoms with Gasteiger partial charge in [0.15, 0.2) is 0 Å². The summed E-state index contributed by atoms with van der Waals surface area (Å²) in [6, 6.07) is 4.69. The normalized spacial score (nSPS) is 17.9. The Bertz CT molecular complexity index is 516. The fourth-order valence-corrected chi connectivity index (χ4v) is 5.00. The second kappa shape index (κ2) is 10.6. The van der Waals surface area contributed by atoms with Crippen molar-refractivity contribution in [2.75, 3.05) is 0 Å². The van der Waals surface area contributed by atoms with Gasteiger partial charge in [-0.05, 0) is 89.3 Å². The van der Waals surface area contributed by atoms with Gasteiger partial charge in [0.05, 0.1) is 0 Å². The summed E-state index contributed by atoms with van der Waals surface area (Å²) in [4.78, 5) is 0. The molecule has 1 aromatic carbocycles. The first-order chi connectivity index (χ1) is 11.6. The van der Waals surface area contributed by atoms with E-state index in [4.69, 9.17) is 0 Å². The summed E-state index contributed by atoms with van der Waals surface area (Å²) in [6.45, 7) is 6.77. The fraction of sp³-hybridized carbons (Fsp3) is 0.652. The molecule has 24 heavy (non-hydrogen) atoms. The second-order valence-corrected chi connectivity index (χ2v) is 9.05. The topological polar surface area (TPSA) is 0 Å². The van der Waals surface area contributed by atoms with E-state index in [1.807, 2.05) is 0 Å². The summed E-state index contributed by atoms with van der Waals surface area (Å²) in [6.07, 6.45) is 16.7. The van der Waals surface area contributed by atoms with E-state index in [0.717, 1.165) is 6.42 Å². The van der Waals surface area contributed by atoms with Crippen molar-refractivity contribution in [2.45, 2.75) is 97.8 Å². The van der Waals surface area contributed by atoms with Crippen LogP contribution in [0, 0.1) is 20.8 Å². The summed E-state index contributed by atoms with van der Waals surface area (Å²) < 4.78 is 1.62. The zero-order valence-corrected chi connectivity index (χ0v) is 18.2. The van der Waals surface area contributed by atoms with Crippen molar-refractivity contribution in [3.63, 3.8) is 0 Å². The van der Waals surface area contributed by atoms with Crippen LogP contribution in [0.4, 0.5) is 0 Å². The first kappa shape index (κ1) is 20.0. The van der Waals surface area contributed by atoms with Crippen LogP contribution in [0.5, 0.6) is 0 Å². The van der Waals surface area contributed by atoms with E-state index in [-0.39, 0.29) is 0 Å². The summed E-state index contributed by atoms with van der Waals surface area (Å²) in [5, 5.41) is 0. The van der Waals surface area contributed by atoms with Crippen LogP contribution in [-0.2, 0) is 6.42 Å². The molecule has 134 valence electrons. The third-order valence-electron chi connectivity index (χ3n) is 5.51. The number of hydrogen-bond acceptors (Lipinski definition) is 0. The van der Waals surface area contributed by atoms with Gasteiger partial charge in [0.1, 0.15) is 0 Å². The van der Waals surface area contributed by atoms with E-state index in [2.05, 4.69) is 55.5 Å². The maximum absolute atomic E-state index is 2.66. The average Bonchev–Trinajstić information content (AvgIpc) is 2.51. The summed E-state index contributed by atoms with van der Waals surface area (Å²) in [5.41, 5.74) is 7.65. The minimum atomic E-state index is 1.15. The second-order valence-electron chi connectivity index (χ2n) is 7.74. The van der Waals surface area contributed by atoms with E-state index >= 15 is 0 Å². The van der Waals surface area contributed by atoms with Crippen molar-refractivity contribution >= 4 is 22.6 Å². The van der Waals surface area contributed by atoms with Gasteiger partial charge in [0.2, 0.25) is 0 Å². The number of aryl methyl sites for hydroxylation is 3. The zero-order valence-electron chi connectivity index (χ0n) is 16.0. The van der Waals surface area contributed by atoms with Gasteiger partial charge in [0.25, 0.3) is 0 Å². The van der Waals surface area contributed by atoms with Gasteiger partial charge in [-0.1, -0.05) is 68.2 Å². The SMILES string of the molecule is Cc1cc(C)c(CC(I)=C2CCCCCCCCCCC2)c(C)c1. The molecule has 1 aliphatic rings. The smallest absolute Gasteiger partial charge is 0.00373 e. The monoisotopic (exact) mass is 438 g/mol. The van der Waals surface area contributed by atoms with Gasteiger partial charge in [-0.2, -0.15) is 0 Å². The molecule has 0 bridgehead atoms. The molecule has 1 heteroatoms. The minimum absolute atomic E-state index is 1.15. The molecular formula is C23H35I. The lowest BCUT2D eigenvalue weighted by molar-refractivity contribution is 0.539. The van der Waals surface area contributed by atoms with Crippen LogP contribution in [0.15, 0.2) is 21.3 Å². The quantitative estimate of drug-likeness (QED) is 0.409. The highest BCUT2D eigenvalue weighted by atomic mass is 127. The van der Waals surface area contributed by atoms with Crippen molar-refractivity contribution in [1.29, 1.82) is 0 Å². The van der Waals surface area contributed by atoms with E-state index < -0.39 is 0 Å². The molecule has 0 N–H and O–H groups in total. The number of rotatable bonds is 2. The third-order valence-corrected chi connectivity index (χ3v) is 6.66. The summed E-state index contributed by atoms with van der Waals surface area (Å²) in [7, 11) is 0. The van der Waals surface area contributed by atoms with Gasteiger partial charge in [0, 0.05) is 6.42 Å². The van der Waals surface area contributed by atoms with Crippen LogP contribution in [0.3, 0.4) is 0 Å². The van der Waals surface area contributed by atoms with E-state index in [1.165, 1.54) is 87.3 Å². The third kappa shape index (κ3) is 6.54. The first-order valence-electron chi connectivity index (χ1n) is 10.0. The van der Waals surface area contributed by atoms with Gasteiger partial charge in [-0.25, -0.2) is 0 Å². The zero-order chi connectivity index (χ0) is 17.4. The Morgan fingerprint density at radius 2 is 1.17 bits per heavy atom. The van der Waals surface area contributed by atoms with Crippen molar-refractivity contribution in [2.24, 2.45) is 0 Å². The van der Waals surface area contributed by atoms with Crippen LogP contribution in [0.1, 0.15) is 92.9 Å². The standard InChI is InChI=1S/C23H35I/c1-18-15-19(2)22(20(3)16-18)17-23(24)21-13-11-9-7-5-4-6-8-10-12-14-21/h15-16H,4-14,17H2,1-3H3. The van der Waals surface area contributed by atoms with Crippen LogP contribution in [0.25, 0.3) is 0 Å². The Hall–Kier alpha value is -0.310. The predicted octanol–water partition coefficient (Wildman–Crippen LogP) is 8.15. The Morgan fingerprint density at radius 1 is 0.750 bits per heavy atom. The Kier molecular flexibility index (Phi) is 8.86. The van der Waals surface area contributed by atoms with E-state index in [9.17, 15) is 0 Å². The number of hydrogen-bond donors (Lipinski definition) is 0. The Balaban J connectivity index is 2.10. The lowest BCUT2D eigenvalue weighted by Crippen LogP contribution is -1.99. The highest BCUT2D eigenvalue weighted by Crippen LogP contribution is 2.30. The molecule has 0 atom stereocenters. The molecule has 0 saturated heterocycles. The lowest BCUT2D eigenvalue weighted by Gasteiger charge is -2.16. The molecule has 1 saturated carbocycles. The van der Waals surface area contributed by atoms with Gasteiger partial charge >= 0.3 is 0 Å². The van der Waals surface area contributed by atoms with Crippen LogP contribution >= 0.6 is 22.6 Å². The predicted molar refractivity (Wildman–Crippen MR) is 116 cm³/mol. The highest BCUT2D eigenvalue weighted by Gasteiger charge is 2.10. The molecule has 2 rings (SSSR count). The molecular weight excluding hydrogens is 403 g/mol. The maximum Gasteiger partial charge on any atom is 0.00373 e. The molecule has 0 aliphatic heterocycles. The lowest BCUT2D eigenvalue weighted by atomic mass is 9.93. The van der Waals surface area contributed by atoms with Gasteiger partial charge in [-0.3, -0.25) is 0 Å². The van der Waals surface area contributed by atoms with Crippen molar-refractivity contribution in [3.05, 3.63) is 43.5 Å². The maximum atomic E-state index is 2.66.